The van der Waals surface area contributed by atoms with Crippen LogP contribution in [0.4, 0.5) is 0 Å². The summed E-state index contributed by atoms with van der Waals surface area (Å²) >= 11 is 0. The first kappa shape index (κ1) is 40.9. The van der Waals surface area contributed by atoms with E-state index in [1.807, 2.05) is 0 Å². The predicted octanol–water partition coefficient (Wildman–Crippen LogP) is 13.9. The van der Waals surface area contributed by atoms with Gasteiger partial charge in [-0.15, -0.1) is 0 Å². The van der Waals surface area contributed by atoms with Crippen LogP contribution in [0.2, 0.25) is 0 Å². The van der Waals surface area contributed by atoms with E-state index in [9.17, 15) is 0 Å². The second-order valence-corrected chi connectivity index (χ2v) is 22.9. The molecule has 3 aromatic rings. The fourth-order valence-electron chi connectivity index (χ4n) is 6.04. The van der Waals surface area contributed by atoms with Crippen molar-refractivity contribution in [3.63, 3.8) is 0 Å². The van der Waals surface area contributed by atoms with Crippen molar-refractivity contribution in [2.45, 2.75) is 170 Å². The van der Waals surface area contributed by atoms with Crippen molar-refractivity contribution in [3.8, 4) is 17.2 Å². The summed E-state index contributed by atoms with van der Waals surface area (Å²) in [5, 5.41) is 0. The molecule has 0 radical (unpaired) electrons. The van der Waals surface area contributed by atoms with E-state index in [0.717, 1.165) is 23.7 Å². The molecule has 0 saturated heterocycles. The molecule has 0 N–H and O–H groups in total. The van der Waals surface area contributed by atoms with Gasteiger partial charge in [0.1, 0.15) is 0 Å². The van der Waals surface area contributed by atoms with E-state index in [0.29, 0.717) is 6.16 Å². The van der Waals surface area contributed by atoms with E-state index in [-0.39, 0.29) is 32.5 Å². The zero-order chi connectivity index (χ0) is 37.6. The van der Waals surface area contributed by atoms with E-state index in [1.165, 1.54) is 33.4 Å². The van der Waals surface area contributed by atoms with Crippen molar-refractivity contribution in [1.82, 2.24) is 0 Å². The molecule has 0 heterocycles. The average molecular weight is 691 g/mol. The monoisotopic (exact) mass is 691 g/mol. The van der Waals surface area contributed by atoms with Gasteiger partial charge in [0.2, 0.25) is 0 Å². The summed E-state index contributed by atoms with van der Waals surface area (Å²) in [6.07, 6.45) is 1.51. The zero-order valence-electron chi connectivity index (χ0n) is 34.8. The molecule has 0 fully saturated rings. The van der Waals surface area contributed by atoms with Crippen LogP contribution < -0.4 is 13.6 Å². The van der Waals surface area contributed by atoms with Gasteiger partial charge in [-0.3, -0.25) is 0 Å². The quantitative estimate of drug-likeness (QED) is 0.220. The molecule has 274 valence electrons. The molecule has 0 aliphatic rings. The van der Waals surface area contributed by atoms with Gasteiger partial charge in [-0.05, 0) is 0 Å². The van der Waals surface area contributed by atoms with Gasteiger partial charge in [0.25, 0.3) is 0 Å². The Bertz CT molecular complexity index is 1400. The molecule has 0 saturated carbocycles. The zero-order valence-corrected chi connectivity index (χ0v) is 35.8. The molecule has 0 spiro atoms. The van der Waals surface area contributed by atoms with Crippen LogP contribution >= 0.6 is 7.94 Å². The first-order chi connectivity index (χ1) is 22.0. The van der Waals surface area contributed by atoms with E-state index in [4.69, 9.17) is 13.6 Å². The topological polar surface area (TPSA) is 27.7 Å². The van der Waals surface area contributed by atoms with Crippen molar-refractivity contribution in [2.75, 3.05) is 6.16 Å². The Balaban J connectivity index is 2.40. The minimum absolute atomic E-state index is 0.0102. The van der Waals surface area contributed by atoms with Gasteiger partial charge in [0.05, 0.1) is 0 Å². The fraction of sp³-hybridized carbons (Fsp3) is 0.600. The molecule has 3 nitrogen and oxygen atoms in total. The Morgan fingerprint density at radius 2 is 0.633 bits per heavy atom. The van der Waals surface area contributed by atoms with Crippen LogP contribution in [0.3, 0.4) is 0 Å². The van der Waals surface area contributed by atoms with Crippen LogP contribution in [0, 0.1) is 0 Å². The predicted molar refractivity (Wildman–Crippen MR) is 217 cm³/mol. The van der Waals surface area contributed by atoms with Gasteiger partial charge < -0.3 is 0 Å². The molecule has 49 heavy (non-hydrogen) atoms. The Morgan fingerprint density at radius 3 is 0.816 bits per heavy atom. The first-order valence-corrected chi connectivity index (χ1v) is 20.4. The molecule has 3 aromatic carbocycles. The Hall–Kier alpha value is -2.51. The summed E-state index contributed by atoms with van der Waals surface area (Å²) in [4.78, 5) is 0. The third kappa shape index (κ3) is 10.3. The van der Waals surface area contributed by atoms with Gasteiger partial charge in [-0.2, -0.15) is 0 Å². The molecule has 0 atom stereocenters. The van der Waals surface area contributed by atoms with E-state index < -0.39 is 7.94 Å². The van der Waals surface area contributed by atoms with Crippen molar-refractivity contribution in [1.29, 1.82) is 0 Å². The molecule has 3 rings (SSSR count). The second kappa shape index (κ2) is 13.9. The van der Waals surface area contributed by atoms with E-state index in [2.05, 4.69) is 186 Å². The van der Waals surface area contributed by atoms with Gasteiger partial charge in [0, 0.05) is 0 Å². The molecular formula is C45H71O3P. The van der Waals surface area contributed by atoms with Crippen LogP contribution in [0.5, 0.6) is 17.2 Å². The van der Waals surface area contributed by atoms with E-state index in [1.54, 1.807) is 0 Å². The number of hydrogen-bond donors (Lipinski definition) is 0. The van der Waals surface area contributed by atoms with Crippen molar-refractivity contribution < 1.29 is 13.6 Å². The van der Waals surface area contributed by atoms with Gasteiger partial charge in [-0.25, -0.2) is 0 Å². The van der Waals surface area contributed by atoms with Crippen molar-refractivity contribution >= 4 is 7.94 Å². The summed E-state index contributed by atoms with van der Waals surface area (Å²) in [7, 11) is -3.54. The SMILES string of the molecule is CCC[PH](Oc1ccc(C(C)(C)C)cc1C(C)(C)C)(Oc1ccc(C(C)(C)C)cc1C(C)(C)C)Oc1ccc(C(C)(C)C)cc1C(C)(C)C. The molecular weight excluding hydrogens is 619 g/mol. The van der Waals surface area contributed by atoms with Gasteiger partial charge >= 0.3 is 303 Å². The van der Waals surface area contributed by atoms with Crippen molar-refractivity contribution in [2.24, 2.45) is 0 Å². The average Bonchev–Trinajstić information content (AvgIpc) is 2.90. The van der Waals surface area contributed by atoms with Crippen LogP contribution in [0.25, 0.3) is 0 Å². The standard InChI is InChI=1S/C45H71O3P/c1-20-27-49(46-37-24-21-31(40(2,3)4)28-34(37)43(11,12)13,47-38-25-22-32(41(5,6)7)29-35(38)44(14,15)16)48-39-26-23-33(42(8,9)10)30-36(39)45(17,18)19/h21-26,28-30,49H,20,27H2,1-19H3. The Kier molecular flexibility index (Phi) is 11.6. The summed E-state index contributed by atoms with van der Waals surface area (Å²) in [6, 6.07) is 20.1. The third-order valence-corrected chi connectivity index (χ3v) is 12.0. The summed E-state index contributed by atoms with van der Waals surface area (Å²) in [5.41, 5.74) is 6.93. The maximum absolute atomic E-state index is 7.40. The Labute approximate surface area is 302 Å². The number of benzene rings is 3. The van der Waals surface area contributed by atoms with Crippen LogP contribution in [-0.2, 0) is 32.5 Å². The van der Waals surface area contributed by atoms with E-state index >= 15 is 0 Å². The summed E-state index contributed by atoms with van der Waals surface area (Å²) in [6.45, 7) is 43.0. The van der Waals surface area contributed by atoms with Crippen LogP contribution in [0.15, 0.2) is 54.6 Å². The number of hydrogen-bond acceptors (Lipinski definition) is 3. The molecule has 0 unspecified atom stereocenters. The third-order valence-electron chi connectivity index (χ3n) is 9.31. The van der Waals surface area contributed by atoms with Crippen LogP contribution in [-0.4, -0.2) is 6.16 Å². The molecule has 0 aliphatic heterocycles. The Morgan fingerprint density at radius 1 is 0.388 bits per heavy atom. The van der Waals surface area contributed by atoms with Gasteiger partial charge in [0.15, 0.2) is 0 Å². The summed E-state index contributed by atoms with van der Waals surface area (Å²) < 4.78 is 22.2. The summed E-state index contributed by atoms with van der Waals surface area (Å²) in [5.74, 6) is 2.52. The maximum atomic E-state index is 7.40. The molecule has 0 aliphatic carbocycles. The van der Waals surface area contributed by atoms with Crippen LogP contribution in [0.1, 0.15) is 171 Å². The molecule has 0 aromatic heterocycles. The number of rotatable bonds is 8. The van der Waals surface area contributed by atoms with Crippen molar-refractivity contribution in [3.05, 3.63) is 88.0 Å². The minimum atomic E-state index is -3.54. The molecule has 4 heteroatoms. The molecule has 0 amide bonds. The normalized spacial score (nSPS) is 14.1. The molecule has 0 bridgehead atoms. The first-order valence-electron chi connectivity index (χ1n) is 18.5. The second-order valence-electron chi connectivity index (χ2n) is 20.4. The van der Waals surface area contributed by atoms with Gasteiger partial charge in [-0.1, -0.05) is 0 Å². The fourth-order valence-corrected chi connectivity index (χ4v) is 8.62.